The van der Waals surface area contributed by atoms with Crippen molar-refractivity contribution in [2.24, 2.45) is 9.98 Å². The molecule has 2 aromatic carbocycles. The van der Waals surface area contributed by atoms with Crippen molar-refractivity contribution in [3.63, 3.8) is 0 Å². The highest BCUT2D eigenvalue weighted by Gasteiger charge is 2.48. The van der Waals surface area contributed by atoms with E-state index in [2.05, 4.69) is 35.1 Å². The second-order valence-corrected chi connectivity index (χ2v) is 5.82. The minimum absolute atomic E-state index is 0.403. The average molecular weight is 276 g/mol. The van der Waals surface area contributed by atoms with Crippen LogP contribution in [0.15, 0.2) is 64.6 Å². The number of nitrogens with zero attached hydrogens (tertiary/aromatic N) is 2. The van der Waals surface area contributed by atoms with Crippen LogP contribution in [-0.2, 0) is 11.1 Å². The van der Waals surface area contributed by atoms with Gasteiger partial charge in [0.25, 0.3) is 0 Å². The molecule has 2 atom stereocenters. The lowest BCUT2D eigenvalue weighted by atomic mass is 9.75. The number of hydrogen-bond acceptors (Lipinski definition) is 3. The predicted molar refractivity (Wildman–Crippen MR) is 84.1 cm³/mol. The summed E-state index contributed by atoms with van der Waals surface area (Å²) >= 11 is 0. The number of benzene rings is 2. The lowest BCUT2D eigenvalue weighted by Crippen LogP contribution is -2.43. The number of aliphatic imine (C=N–C) groups is 2. The van der Waals surface area contributed by atoms with Crippen molar-refractivity contribution in [1.82, 2.24) is 0 Å². The molecule has 104 valence electrons. The first-order chi connectivity index (χ1) is 10.2. The van der Waals surface area contributed by atoms with E-state index in [4.69, 9.17) is 4.74 Å². The van der Waals surface area contributed by atoms with E-state index in [1.807, 2.05) is 42.6 Å². The average Bonchev–Trinajstić information content (AvgIpc) is 2.97. The Labute approximate surface area is 124 Å². The molecule has 0 radical (unpaired) electrons. The zero-order chi connectivity index (χ0) is 14.3. The number of para-hydroxylation sites is 1. The first kappa shape index (κ1) is 12.3. The maximum Gasteiger partial charge on any atom is 0.134 e. The van der Waals surface area contributed by atoms with E-state index in [0.717, 1.165) is 23.3 Å². The molecule has 2 heterocycles. The summed E-state index contributed by atoms with van der Waals surface area (Å²) in [5, 5.41) is 0. The van der Waals surface area contributed by atoms with Crippen molar-refractivity contribution in [2.45, 2.75) is 24.5 Å². The molecule has 0 fully saturated rings. The summed E-state index contributed by atoms with van der Waals surface area (Å²) < 4.78 is 6.36. The third kappa shape index (κ3) is 1.81. The maximum absolute atomic E-state index is 6.36. The summed E-state index contributed by atoms with van der Waals surface area (Å²) in [7, 11) is 0. The van der Waals surface area contributed by atoms with E-state index in [0.29, 0.717) is 0 Å². The van der Waals surface area contributed by atoms with E-state index in [1.54, 1.807) is 6.34 Å². The molecule has 0 aliphatic carbocycles. The molecule has 2 aliphatic heterocycles. The summed E-state index contributed by atoms with van der Waals surface area (Å²) in [6, 6.07) is 18.4. The fraction of sp³-hybridized carbons (Fsp3) is 0.222. The molecule has 1 spiro atoms. The fourth-order valence-electron chi connectivity index (χ4n) is 3.31. The van der Waals surface area contributed by atoms with Crippen molar-refractivity contribution in [3.8, 4) is 5.75 Å². The lowest BCUT2D eigenvalue weighted by molar-refractivity contribution is 0.0423. The van der Waals surface area contributed by atoms with Gasteiger partial charge in [-0.1, -0.05) is 48.5 Å². The van der Waals surface area contributed by atoms with Crippen LogP contribution >= 0.6 is 0 Å². The molecule has 21 heavy (non-hydrogen) atoms. The Morgan fingerprint density at radius 3 is 2.52 bits per heavy atom. The smallest absolute Gasteiger partial charge is 0.134 e. The Morgan fingerprint density at radius 2 is 1.76 bits per heavy atom. The van der Waals surface area contributed by atoms with Gasteiger partial charge in [-0.15, -0.1) is 0 Å². The molecule has 0 saturated heterocycles. The minimum atomic E-state index is -0.413. The van der Waals surface area contributed by atoms with Gasteiger partial charge in [-0.05, 0) is 18.6 Å². The summed E-state index contributed by atoms with van der Waals surface area (Å²) in [6.45, 7) is 2.13. The van der Waals surface area contributed by atoms with Gasteiger partial charge in [0.05, 0.1) is 0 Å². The van der Waals surface area contributed by atoms with Gasteiger partial charge in [0.1, 0.15) is 23.2 Å². The Morgan fingerprint density at radius 1 is 1.00 bits per heavy atom. The molecule has 0 saturated carbocycles. The highest BCUT2D eigenvalue weighted by atomic mass is 16.5. The summed E-state index contributed by atoms with van der Waals surface area (Å²) in [6.07, 6.45) is 4.34. The highest BCUT2D eigenvalue weighted by molar-refractivity contribution is 5.88. The topological polar surface area (TPSA) is 34.0 Å². The molecule has 3 nitrogen and oxygen atoms in total. The molecular formula is C18H16N2O. The third-order valence-corrected chi connectivity index (χ3v) is 4.32. The van der Waals surface area contributed by atoms with Crippen LogP contribution in [-0.4, -0.2) is 12.6 Å². The summed E-state index contributed by atoms with van der Waals surface area (Å²) in [4.78, 5) is 8.91. The van der Waals surface area contributed by atoms with Crippen LogP contribution in [0.25, 0.3) is 0 Å². The second-order valence-electron chi connectivity index (χ2n) is 5.82. The highest BCUT2D eigenvalue weighted by Crippen LogP contribution is 2.49. The van der Waals surface area contributed by atoms with E-state index in [-0.39, 0.29) is 0 Å². The van der Waals surface area contributed by atoms with Gasteiger partial charge in [-0.3, -0.25) is 4.99 Å². The first-order valence-electron chi connectivity index (χ1n) is 7.14. The molecule has 0 aromatic heterocycles. The van der Waals surface area contributed by atoms with Crippen LogP contribution in [0.5, 0.6) is 5.75 Å². The number of ether oxygens (including phenoxy) is 1. The molecule has 2 aromatic rings. The van der Waals surface area contributed by atoms with Crippen LogP contribution in [0, 0.1) is 0 Å². The van der Waals surface area contributed by atoms with Crippen LogP contribution in [0.1, 0.15) is 24.5 Å². The lowest BCUT2D eigenvalue weighted by Gasteiger charge is -2.43. The largest absolute Gasteiger partial charge is 0.482 e. The standard InChI is InChI=1S/C18H16N2O/c1-17(14-7-3-2-4-8-14)11-18(12-19-13-20-18)15-9-5-6-10-16(15)21-17/h2-10,12-13H,11H2,1H3. The van der Waals surface area contributed by atoms with Gasteiger partial charge in [0, 0.05) is 18.2 Å². The van der Waals surface area contributed by atoms with Gasteiger partial charge >= 0.3 is 0 Å². The fourth-order valence-corrected chi connectivity index (χ4v) is 3.31. The molecule has 3 heteroatoms. The monoisotopic (exact) mass is 276 g/mol. The quantitative estimate of drug-likeness (QED) is 0.782. The van der Waals surface area contributed by atoms with Gasteiger partial charge in [0.2, 0.25) is 0 Å². The molecular weight excluding hydrogens is 260 g/mol. The maximum atomic E-state index is 6.36. The van der Waals surface area contributed by atoms with Crippen LogP contribution in [0.3, 0.4) is 0 Å². The SMILES string of the molecule is CC1(c2ccccc2)CC2(C=NC=N2)c2ccccc2O1. The molecule has 2 unspecified atom stereocenters. The van der Waals surface area contributed by atoms with E-state index in [9.17, 15) is 0 Å². The summed E-state index contributed by atoms with van der Waals surface area (Å²) in [5.41, 5.74) is 1.44. The van der Waals surface area contributed by atoms with Crippen molar-refractivity contribution >= 4 is 12.6 Å². The minimum Gasteiger partial charge on any atom is -0.482 e. The van der Waals surface area contributed by atoms with Gasteiger partial charge < -0.3 is 4.74 Å². The van der Waals surface area contributed by atoms with Crippen LogP contribution < -0.4 is 4.74 Å². The van der Waals surface area contributed by atoms with Crippen molar-refractivity contribution in [1.29, 1.82) is 0 Å². The molecule has 4 rings (SSSR count). The number of rotatable bonds is 1. The Kier molecular flexibility index (Phi) is 2.52. The van der Waals surface area contributed by atoms with E-state index < -0.39 is 11.1 Å². The van der Waals surface area contributed by atoms with Crippen molar-refractivity contribution < 1.29 is 4.74 Å². The zero-order valence-electron chi connectivity index (χ0n) is 11.9. The van der Waals surface area contributed by atoms with Gasteiger partial charge in [-0.2, -0.15) is 0 Å². The van der Waals surface area contributed by atoms with E-state index >= 15 is 0 Å². The van der Waals surface area contributed by atoms with Crippen molar-refractivity contribution in [2.75, 3.05) is 0 Å². The van der Waals surface area contributed by atoms with Gasteiger partial charge in [0.15, 0.2) is 0 Å². The van der Waals surface area contributed by atoms with E-state index in [1.165, 1.54) is 0 Å². The molecule has 0 bridgehead atoms. The zero-order valence-corrected chi connectivity index (χ0v) is 11.9. The Balaban J connectivity index is 1.89. The predicted octanol–water partition coefficient (Wildman–Crippen LogP) is 3.69. The molecule has 0 amide bonds. The van der Waals surface area contributed by atoms with Crippen LogP contribution in [0.4, 0.5) is 0 Å². The molecule has 0 N–H and O–H groups in total. The Hall–Kier alpha value is -2.42. The van der Waals surface area contributed by atoms with Crippen molar-refractivity contribution in [3.05, 3.63) is 65.7 Å². The third-order valence-electron chi connectivity index (χ3n) is 4.32. The number of hydrogen-bond donors (Lipinski definition) is 0. The molecule has 2 aliphatic rings. The summed E-state index contributed by atoms with van der Waals surface area (Å²) in [5.74, 6) is 0.889. The number of fused-ring (bicyclic) bond motifs is 2. The normalized spacial score (nSPS) is 29.4. The second kappa shape index (κ2) is 4.29. The van der Waals surface area contributed by atoms with Gasteiger partial charge in [-0.25, -0.2) is 4.99 Å². The first-order valence-corrected chi connectivity index (χ1v) is 7.14. The Bertz CT molecular complexity index is 724. The van der Waals surface area contributed by atoms with Crippen LogP contribution in [0.2, 0.25) is 0 Å².